The monoisotopic (exact) mass is 403 g/mol. The number of nitrogens with zero attached hydrogens (tertiary/aromatic N) is 1. The summed E-state index contributed by atoms with van der Waals surface area (Å²) in [5, 5.41) is 1.55. The third-order valence-corrected chi connectivity index (χ3v) is 5.19. The number of hydrogen-bond acceptors (Lipinski definition) is 6. The molecule has 7 heteroatoms. The van der Waals surface area contributed by atoms with Crippen LogP contribution in [0.25, 0.3) is 10.8 Å². The molecule has 0 saturated heterocycles. The fourth-order valence-corrected chi connectivity index (χ4v) is 3.79. The van der Waals surface area contributed by atoms with Crippen LogP contribution >= 0.6 is 0 Å². The van der Waals surface area contributed by atoms with Crippen molar-refractivity contribution >= 4 is 28.6 Å². The van der Waals surface area contributed by atoms with Crippen molar-refractivity contribution in [3.63, 3.8) is 0 Å². The summed E-state index contributed by atoms with van der Waals surface area (Å²) >= 11 is 0. The van der Waals surface area contributed by atoms with Crippen LogP contribution in [0.1, 0.15) is 33.6 Å². The van der Waals surface area contributed by atoms with Crippen molar-refractivity contribution in [1.82, 2.24) is 4.90 Å². The largest absolute Gasteiger partial charge is 0.454 e. The number of amides is 2. The van der Waals surface area contributed by atoms with Crippen LogP contribution in [0.15, 0.2) is 54.6 Å². The van der Waals surface area contributed by atoms with Gasteiger partial charge in [0.15, 0.2) is 11.5 Å². The number of fused-ring (bicyclic) bond motifs is 1. The Hall–Kier alpha value is -3.87. The van der Waals surface area contributed by atoms with Crippen LogP contribution in [-0.2, 0) is 4.79 Å². The van der Waals surface area contributed by atoms with Crippen molar-refractivity contribution < 1.29 is 28.6 Å². The molecule has 2 aliphatic heterocycles. The summed E-state index contributed by atoms with van der Waals surface area (Å²) in [5.74, 6) is 0.356. The molecule has 2 aliphatic rings. The lowest BCUT2D eigenvalue weighted by atomic mass is 9.94. The fraction of sp³-hybridized carbons (Fsp3) is 0.174. The first kappa shape index (κ1) is 18.2. The zero-order valence-corrected chi connectivity index (χ0v) is 15.9. The summed E-state index contributed by atoms with van der Waals surface area (Å²) in [5.41, 5.74) is 1.01. The van der Waals surface area contributed by atoms with E-state index in [1.807, 2.05) is 12.1 Å². The van der Waals surface area contributed by atoms with Crippen LogP contribution in [0.2, 0.25) is 0 Å². The standard InChI is InChI=1S/C23H17NO6/c25-20(30-15-9-10-18-19(12-15)29-13-28-18)8-3-11-24-22(26)16-6-1-4-14-5-2-7-17(21(14)16)23(24)27/h1-2,4-7,9-10,12H,3,8,11,13H2. The van der Waals surface area contributed by atoms with Crippen LogP contribution in [0.5, 0.6) is 17.2 Å². The maximum atomic E-state index is 12.9. The molecule has 5 rings (SSSR count). The quantitative estimate of drug-likeness (QED) is 0.368. The molecule has 150 valence electrons. The first-order chi connectivity index (χ1) is 14.6. The smallest absolute Gasteiger partial charge is 0.311 e. The third kappa shape index (κ3) is 3.04. The molecule has 0 fully saturated rings. The van der Waals surface area contributed by atoms with Gasteiger partial charge in [-0.2, -0.15) is 0 Å². The number of rotatable bonds is 5. The van der Waals surface area contributed by atoms with Gasteiger partial charge in [0.2, 0.25) is 6.79 Å². The van der Waals surface area contributed by atoms with Gasteiger partial charge >= 0.3 is 5.97 Å². The highest BCUT2D eigenvalue weighted by atomic mass is 16.7. The van der Waals surface area contributed by atoms with Gasteiger partial charge in [-0.05, 0) is 36.1 Å². The van der Waals surface area contributed by atoms with Gasteiger partial charge in [-0.1, -0.05) is 24.3 Å². The molecule has 30 heavy (non-hydrogen) atoms. The maximum absolute atomic E-state index is 12.9. The van der Waals surface area contributed by atoms with Crippen molar-refractivity contribution in [2.75, 3.05) is 13.3 Å². The summed E-state index contributed by atoms with van der Waals surface area (Å²) in [6, 6.07) is 15.7. The molecule has 0 N–H and O–H groups in total. The van der Waals surface area contributed by atoms with Gasteiger partial charge in [0.05, 0.1) is 0 Å². The van der Waals surface area contributed by atoms with Crippen molar-refractivity contribution in [3.05, 3.63) is 65.7 Å². The van der Waals surface area contributed by atoms with Gasteiger partial charge in [-0.15, -0.1) is 0 Å². The average molecular weight is 403 g/mol. The summed E-state index contributed by atoms with van der Waals surface area (Å²) in [6.45, 7) is 0.278. The topological polar surface area (TPSA) is 82.1 Å². The molecule has 2 amide bonds. The van der Waals surface area contributed by atoms with Crippen molar-refractivity contribution in [2.24, 2.45) is 0 Å². The van der Waals surface area contributed by atoms with E-state index in [-0.39, 0.29) is 31.6 Å². The van der Waals surface area contributed by atoms with E-state index in [0.29, 0.717) is 40.2 Å². The Morgan fingerprint density at radius 2 is 1.63 bits per heavy atom. The Kier molecular flexibility index (Phi) is 4.35. The lowest BCUT2D eigenvalue weighted by Crippen LogP contribution is -2.41. The highest BCUT2D eigenvalue weighted by Gasteiger charge is 2.32. The lowest BCUT2D eigenvalue weighted by molar-refractivity contribution is -0.134. The Balaban J connectivity index is 1.24. The number of ether oxygens (including phenoxy) is 3. The average Bonchev–Trinajstić information content (AvgIpc) is 3.22. The normalized spacial score (nSPS) is 14.3. The lowest BCUT2D eigenvalue weighted by Gasteiger charge is -2.27. The molecule has 7 nitrogen and oxygen atoms in total. The van der Waals surface area contributed by atoms with Gasteiger partial charge in [-0.3, -0.25) is 19.3 Å². The predicted molar refractivity (Wildman–Crippen MR) is 107 cm³/mol. The van der Waals surface area contributed by atoms with Gasteiger partial charge in [0.1, 0.15) is 5.75 Å². The molecule has 0 atom stereocenters. The number of carbonyl (C=O) groups excluding carboxylic acids is 3. The Morgan fingerprint density at radius 1 is 0.933 bits per heavy atom. The summed E-state index contributed by atoms with van der Waals surface area (Å²) in [4.78, 5) is 39.1. The second-order valence-electron chi connectivity index (χ2n) is 7.06. The van der Waals surface area contributed by atoms with Crippen LogP contribution in [0.4, 0.5) is 0 Å². The maximum Gasteiger partial charge on any atom is 0.311 e. The SMILES string of the molecule is O=C(CCCN1C(=O)c2cccc3cccc(c23)C1=O)Oc1ccc2c(c1)OCO2. The van der Waals surface area contributed by atoms with Crippen molar-refractivity contribution in [3.8, 4) is 17.2 Å². The van der Waals surface area contributed by atoms with Gasteiger partial charge in [0, 0.05) is 35.5 Å². The molecular weight excluding hydrogens is 386 g/mol. The summed E-state index contributed by atoms with van der Waals surface area (Å²) < 4.78 is 15.8. The fourth-order valence-electron chi connectivity index (χ4n) is 3.79. The molecule has 0 aromatic heterocycles. The second-order valence-corrected chi connectivity index (χ2v) is 7.06. The van der Waals surface area contributed by atoms with E-state index < -0.39 is 5.97 Å². The minimum atomic E-state index is -0.451. The van der Waals surface area contributed by atoms with E-state index in [4.69, 9.17) is 14.2 Å². The van der Waals surface area contributed by atoms with E-state index in [1.165, 1.54) is 4.90 Å². The van der Waals surface area contributed by atoms with E-state index in [9.17, 15) is 14.4 Å². The molecule has 2 heterocycles. The number of carbonyl (C=O) groups is 3. The molecule has 3 aromatic rings. The van der Waals surface area contributed by atoms with Gasteiger partial charge < -0.3 is 14.2 Å². The van der Waals surface area contributed by atoms with Crippen LogP contribution < -0.4 is 14.2 Å². The second kappa shape index (κ2) is 7.18. The summed E-state index contributed by atoms with van der Waals surface area (Å²) in [7, 11) is 0. The molecule has 0 unspecified atom stereocenters. The molecule has 0 radical (unpaired) electrons. The molecule has 0 bridgehead atoms. The van der Waals surface area contributed by atoms with Gasteiger partial charge in [0.25, 0.3) is 11.8 Å². The number of benzene rings is 3. The number of imide groups is 1. The highest BCUT2D eigenvalue weighted by molar-refractivity contribution is 6.25. The van der Waals surface area contributed by atoms with E-state index in [0.717, 1.165) is 5.39 Å². The number of hydrogen-bond donors (Lipinski definition) is 0. The first-order valence-corrected chi connectivity index (χ1v) is 9.60. The Bertz CT molecular complexity index is 1150. The van der Waals surface area contributed by atoms with Crippen LogP contribution in [0.3, 0.4) is 0 Å². The third-order valence-electron chi connectivity index (χ3n) is 5.19. The molecule has 0 aliphatic carbocycles. The highest BCUT2D eigenvalue weighted by Crippen LogP contribution is 2.35. The predicted octanol–water partition coefficient (Wildman–Crippen LogP) is 3.55. The van der Waals surface area contributed by atoms with E-state index in [1.54, 1.807) is 42.5 Å². The van der Waals surface area contributed by atoms with Crippen molar-refractivity contribution in [1.29, 1.82) is 0 Å². The van der Waals surface area contributed by atoms with Crippen molar-refractivity contribution in [2.45, 2.75) is 12.8 Å². The molecule has 0 saturated carbocycles. The molecule has 3 aromatic carbocycles. The first-order valence-electron chi connectivity index (χ1n) is 9.60. The Labute approximate surface area is 171 Å². The minimum Gasteiger partial charge on any atom is -0.454 e. The summed E-state index contributed by atoms with van der Waals surface area (Å²) in [6.07, 6.45) is 0.371. The van der Waals surface area contributed by atoms with Crippen LogP contribution in [0, 0.1) is 0 Å². The molecule has 0 spiro atoms. The number of esters is 1. The zero-order chi connectivity index (χ0) is 20.7. The Morgan fingerprint density at radius 3 is 2.37 bits per heavy atom. The van der Waals surface area contributed by atoms with Crippen LogP contribution in [-0.4, -0.2) is 36.0 Å². The van der Waals surface area contributed by atoms with E-state index >= 15 is 0 Å². The van der Waals surface area contributed by atoms with E-state index in [2.05, 4.69) is 0 Å². The minimum absolute atomic E-state index is 0.0668. The molecular formula is C23H17NO6. The van der Waals surface area contributed by atoms with Gasteiger partial charge in [-0.25, -0.2) is 0 Å². The zero-order valence-electron chi connectivity index (χ0n) is 15.9.